The van der Waals surface area contributed by atoms with Crippen molar-refractivity contribution in [1.82, 2.24) is 0 Å². The third-order valence-electron chi connectivity index (χ3n) is 3.12. The minimum atomic E-state index is 0.118. The van der Waals surface area contributed by atoms with E-state index in [2.05, 4.69) is 0 Å². The molecule has 0 heterocycles. The standard InChI is InChI=1S/C13H19NO2/c1-15-12-6-5-10(8-13(12)16-2)11(14)7-9-3-4-9/h5-6,8-9,11H,3-4,7,14H2,1-2H3/t11-/m0/s1. The molecule has 1 atom stereocenters. The first-order valence-corrected chi connectivity index (χ1v) is 5.72. The summed E-state index contributed by atoms with van der Waals surface area (Å²) >= 11 is 0. The molecular weight excluding hydrogens is 202 g/mol. The molecule has 0 unspecified atom stereocenters. The van der Waals surface area contributed by atoms with E-state index in [4.69, 9.17) is 15.2 Å². The molecule has 1 aromatic rings. The molecule has 0 saturated heterocycles. The van der Waals surface area contributed by atoms with Gasteiger partial charge in [0.15, 0.2) is 11.5 Å². The highest BCUT2D eigenvalue weighted by Gasteiger charge is 2.24. The minimum absolute atomic E-state index is 0.118. The van der Waals surface area contributed by atoms with Crippen LogP contribution in [0.3, 0.4) is 0 Å². The normalized spacial score (nSPS) is 16.9. The smallest absolute Gasteiger partial charge is 0.161 e. The molecule has 0 spiro atoms. The van der Waals surface area contributed by atoms with Crippen LogP contribution in [-0.4, -0.2) is 14.2 Å². The number of rotatable bonds is 5. The van der Waals surface area contributed by atoms with E-state index in [0.717, 1.165) is 29.4 Å². The number of hydrogen-bond donors (Lipinski definition) is 1. The van der Waals surface area contributed by atoms with Gasteiger partial charge in [-0.05, 0) is 30.0 Å². The van der Waals surface area contributed by atoms with E-state index in [-0.39, 0.29) is 6.04 Å². The van der Waals surface area contributed by atoms with Gasteiger partial charge in [0.2, 0.25) is 0 Å². The minimum Gasteiger partial charge on any atom is -0.493 e. The Morgan fingerprint density at radius 2 is 1.94 bits per heavy atom. The second-order valence-corrected chi connectivity index (χ2v) is 4.40. The molecule has 2 N–H and O–H groups in total. The third kappa shape index (κ3) is 2.47. The van der Waals surface area contributed by atoms with E-state index in [1.807, 2.05) is 18.2 Å². The van der Waals surface area contributed by atoms with Gasteiger partial charge in [-0.2, -0.15) is 0 Å². The summed E-state index contributed by atoms with van der Waals surface area (Å²) in [6.45, 7) is 0. The van der Waals surface area contributed by atoms with Gasteiger partial charge in [0.1, 0.15) is 0 Å². The average Bonchev–Trinajstić information content (AvgIpc) is 3.11. The Kier molecular flexibility index (Phi) is 3.34. The maximum atomic E-state index is 6.15. The molecule has 1 aliphatic rings. The summed E-state index contributed by atoms with van der Waals surface area (Å²) in [5.41, 5.74) is 7.28. The van der Waals surface area contributed by atoms with Gasteiger partial charge in [-0.15, -0.1) is 0 Å². The van der Waals surface area contributed by atoms with Crippen LogP contribution in [-0.2, 0) is 0 Å². The van der Waals surface area contributed by atoms with Crippen LogP contribution in [0.4, 0.5) is 0 Å². The molecule has 1 aliphatic carbocycles. The fourth-order valence-corrected chi connectivity index (χ4v) is 1.93. The van der Waals surface area contributed by atoms with Gasteiger partial charge in [0.05, 0.1) is 14.2 Å². The van der Waals surface area contributed by atoms with E-state index in [1.54, 1.807) is 14.2 Å². The summed E-state index contributed by atoms with van der Waals surface area (Å²) < 4.78 is 10.5. The zero-order chi connectivity index (χ0) is 11.5. The summed E-state index contributed by atoms with van der Waals surface area (Å²) in [5, 5.41) is 0. The van der Waals surface area contributed by atoms with Gasteiger partial charge in [-0.3, -0.25) is 0 Å². The second-order valence-electron chi connectivity index (χ2n) is 4.40. The van der Waals surface area contributed by atoms with E-state index in [9.17, 15) is 0 Å². The number of benzene rings is 1. The summed E-state index contributed by atoms with van der Waals surface area (Å²) in [6.07, 6.45) is 3.75. The summed E-state index contributed by atoms with van der Waals surface area (Å²) in [7, 11) is 3.29. The lowest BCUT2D eigenvalue weighted by molar-refractivity contribution is 0.354. The molecule has 1 fully saturated rings. The highest BCUT2D eigenvalue weighted by Crippen LogP contribution is 2.38. The van der Waals surface area contributed by atoms with Crippen molar-refractivity contribution < 1.29 is 9.47 Å². The molecule has 0 amide bonds. The Balaban J connectivity index is 2.13. The van der Waals surface area contributed by atoms with Crippen molar-refractivity contribution in [3.63, 3.8) is 0 Å². The Bertz CT molecular complexity index is 361. The molecule has 1 saturated carbocycles. The monoisotopic (exact) mass is 221 g/mol. The van der Waals surface area contributed by atoms with Crippen molar-refractivity contribution >= 4 is 0 Å². The fraction of sp³-hybridized carbons (Fsp3) is 0.538. The zero-order valence-electron chi connectivity index (χ0n) is 9.90. The van der Waals surface area contributed by atoms with E-state index < -0.39 is 0 Å². The molecular formula is C13H19NO2. The maximum absolute atomic E-state index is 6.15. The molecule has 88 valence electrons. The first-order valence-electron chi connectivity index (χ1n) is 5.72. The quantitative estimate of drug-likeness (QED) is 0.830. The van der Waals surface area contributed by atoms with Crippen LogP contribution in [0.25, 0.3) is 0 Å². The SMILES string of the molecule is COc1ccc([C@@H](N)CC2CC2)cc1OC. The maximum Gasteiger partial charge on any atom is 0.161 e. The van der Waals surface area contributed by atoms with Gasteiger partial charge >= 0.3 is 0 Å². The largest absolute Gasteiger partial charge is 0.493 e. The first-order chi connectivity index (χ1) is 7.74. The van der Waals surface area contributed by atoms with Crippen molar-refractivity contribution in [1.29, 1.82) is 0 Å². The van der Waals surface area contributed by atoms with Crippen molar-refractivity contribution in [2.75, 3.05) is 14.2 Å². The number of hydrogen-bond acceptors (Lipinski definition) is 3. The fourth-order valence-electron chi connectivity index (χ4n) is 1.93. The molecule has 16 heavy (non-hydrogen) atoms. The van der Waals surface area contributed by atoms with Crippen molar-refractivity contribution in [2.24, 2.45) is 11.7 Å². The Morgan fingerprint density at radius 1 is 1.25 bits per heavy atom. The van der Waals surface area contributed by atoms with Crippen LogP contribution < -0.4 is 15.2 Å². The second kappa shape index (κ2) is 4.74. The van der Waals surface area contributed by atoms with Gasteiger partial charge in [0, 0.05) is 6.04 Å². The van der Waals surface area contributed by atoms with Crippen molar-refractivity contribution in [3.05, 3.63) is 23.8 Å². The Labute approximate surface area is 96.5 Å². The Hall–Kier alpha value is -1.22. The summed E-state index contributed by atoms with van der Waals surface area (Å²) in [4.78, 5) is 0. The van der Waals surface area contributed by atoms with Crippen LogP contribution in [0.1, 0.15) is 30.9 Å². The van der Waals surface area contributed by atoms with Gasteiger partial charge in [-0.25, -0.2) is 0 Å². The molecule has 1 aromatic carbocycles. The predicted octanol–water partition coefficient (Wildman–Crippen LogP) is 2.50. The van der Waals surface area contributed by atoms with Crippen LogP contribution in [0.2, 0.25) is 0 Å². The van der Waals surface area contributed by atoms with Gasteiger partial charge in [0.25, 0.3) is 0 Å². The summed E-state index contributed by atoms with van der Waals surface area (Å²) in [5.74, 6) is 2.35. The van der Waals surface area contributed by atoms with E-state index in [0.29, 0.717) is 0 Å². The zero-order valence-corrected chi connectivity index (χ0v) is 9.90. The number of nitrogens with two attached hydrogens (primary N) is 1. The molecule has 0 aromatic heterocycles. The predicted molar refractivity (Wildman–Crippen MR) is 63.8 cm³/mol. The highest BCUT2D eigenvalue weighted by molar-refractivity contribution is 5.43. The van der Waals surface area contributed by atoms with Crippen LogP contribution in [0, 0.1) is 5.92 Å². The molecule has 0 aliphatic heterocycles. The van der Waals surface area contributed by atoms with Crippen molar-refractivity contribution in [2.45, 2.75) is 25.3 Å². The van der Waals surface area contributed by atoms with E-state index >= 15 is 0 Å². The average molecular weight is 221 g/mol. The van der Waals surface area contributed by atoms with Gasteiger partial charge < -0.3 is 15.2 Å². The highest BCUT2D eigenvalue weighted by atomic mass is 16.5. The van der Waals surface area contributed by atoms with Crippen molar-refractivity contribution in [3.8, 4) is 11.5 Å². The lowest BCUT2D eigenvalue weighted by Gasteiger charge is -2.14. The lowest BCUT2D eigenvalue weighted by atomic mass is 10.0. The van der Waals surface area contributed by atoms with E-state index in [1.165, 1.54) is 12.8 Å². The Morgan fingerprint density at radius 3 is 2.50 bits per heavy atom. The first kappa shape index (κ1) is 11.3. The van der Waals surface area contributed by atoms with Crippen LogP contribution in [0.15, 0.2) is 18.2 Å². The van der Waals surface area contributed by atoms with Gasteiger partial charge in [-0.1, -0.05) is 18.9 Å². The van der Waals surface area contributed by atoms with Crippen LogP contribution in [0.5, 0.6) is 11.5 Å². The number of ether oxygens (including phenoxy) is 2. The molecule has 0 bridgehead atoms. The number of methoxy groups -OCH3 is 2. The molecule has 0 radical (unpaired) electrons. The lowest BCUT2D eigenvalue weighted by Crippen LogP contribution is -2.11. The molecule has 2 rings (SSSR count). The topological polar surface area (TPSA) is 44.5 Å². The molecule has 3 heteroatoms. The third-order valence-corrected chi connectivity index (χ3v) is 3.12. The molecule has 3 nitrogen and oxygen atoms in total. The van der Waals surface area contributed by atoms with Crippen LogP contribution >= 0.6 is 0 Å². The summed E-state index contributed by atoms with van der Waals surface area (Å²) in [6, 6.07) is 6.04.